The Kier molecular flexibility index (Phi) is 3.86. The molecule has 1 unspecified atom stereocenters. The van der Waals surface area contributed by atoms with E-state index in [9.17, 15) is 9.59 Å². The van der Waals surface area contributed by atoms with Gasteiger partial charge in [-0.05, 0) is 13.0 Å². The zero-order valence-corrected chi connectivity index (χ0v) is 12.2. The Bertz CT molecular complexity index is 683. The quantitative estimate of drug-likeness (QED) is 0.874. The lowest BCUT2D eigenvalue weighted by molar-refractivity contribution is -0.127. The average molecular weight is 299 g/mol. The maximum absolute atomic E-state index is 12.5. The van der Waals surface area contributed by atoms with Crippen molar-refractivity contribution in [1.29, 1.82) is 0 Å². The summed E-state index contributed by atoms with van der Waals surface area (Å²) >= 11 is 0. The molecule has 3 rings (SSSR count). The summed E-state index contributed by atoms with van der Waals surface area (Å²) in [6.07, 6.45) is 1.75. The number of carbonyl (C=O) groups excluding carboxylic acids is 2. The SMILES string of the molecule is CCN1CC(NC(=O)c2ccccc2-c2ncn[nH]2)CC1=O. The number of likely N-dealkylation sites (N-methyl/N-ethyl adjacent to an activating group) is 1. The summed E-state index contributed by atoms with van der Waals surface area (Å²) in [5.41, 5.74) is 1.20. The van der Waals surface area contributed by atoms with Crippen LogP contribution in [0.5, 0.6) is 0 Å². The van der Waals surface area contributed by atoms with E-state index in [4.69, 9.17) is 0 Å². The number of likely N-dealkylation sites (tertiary alicyclic amines) is 1. The molecular formula is C15H17N5O2. The first-order chi connectivity index (χ1) is 10.7. The summed E-state index contributed by atoms with van der Waals surface area (Å²) in [6.45, 7) is 3.16. The van der Waals surface area contributed by atoms with Gasteiger partial charge in [-0.25, -0.2) is 4.98 Å². The number of rotatable bonds is 4. The third-order valence-corrected chi connectivity index (χ3v) is 3.77. The van der Waals surface area contributed by atoms with Gasteiger partial charge in [0.2, 0.25) is 5.91 Å². The number of nitrogens with zero attached hydrogens (tertiary/aromatic N) is 3. The minimum Gasteiger partial charge on any atom is -0.347 e. The summed E-state index contributed by atoms with van der Waals surface area (Å²) in [7, 11) is 0. The Hall–Kier alpha value is -2.70. The molecule has 2 heterocycles. The van der Waals surface area contributed by atoms with Crippen LogP contribution < -0.4 is 5.32 Å². The van der Waals surface area contributed by atoms with Crippen LogP contribution in [0.1, 0.15) is 23.7 Å². The Morgan fingerprint density at radius 2 is 2.27 bits per heavy atom. The molecule has 2 N–H and O–H groups in total. The van der Waals surface area contributed by atoms with Gasteiger partial charge in [-0.3, -0.25) is 14.7 Å². The predicted molar refractivity (Wildman–Crippen MR) is 79.9 cm³/mol. The van der Waals surface area contributed by atoms with Gasteiger partial charge in [0.15, 0.2) is 5.82 Å². The lowest BCUT2D eigenvalue weighted by Gasteiger charge is -2.15. The molecule has 0 radical (unpaired) electrons. The summed E-state index contributed by atoms with van der Waals surface area (Å²) in [5, 5.41) is 9.50. The van der Waals surface area contributed by atoms with E-state index < -0.39 is 0 Å². The summed E-state index contributed by atoms with van der Waals surface area (Å²) < 4.78 is 0. The molecule has 1 saturated heterocycles. The largest absolute Gasteiger partial charge is 0.347 e. The minimum absolute atomic E-state index is 0.0799. The standard InChI is InChI=1S/C15H17N5O2/c1-2-20-8-10(7-13(20)21)18-15(22)12-6-4-3-5-11(12)14-16-9-17-19-14/h3-6,9-10H,2,7-8H2,1H3,(H,18,22)(H,16,17,19). The summed E-state index contributed by atoms with van der Waals surface area (Å²) in [5.74, 6) is 0.419. The number of amides is 2. The van der Waals surface area contributed by atoms with Crippen LogP contribution in [-0.4, -0.2) is 51.0 Å². The van der Waals surface area contributed by atoms with Crippen molar-refractivity contribution in [1.82, 2.24) is 25.4 Å². The lowest BCUT2D eigenvalue weighted by atomic mass is 10.1. The Morgan fingerprint density at radius 1 is 1.45 bits per heavy atom. The van der Waals surface area contributed by atoms with Crippen molar-refractivity contribution >= 4 is 11.8 Å². The predicted octanol–water partition coefficient (Wildman–Crippen LogP) is 0.822. The zero-order valence-electron chi connectivity index (χ0n) is 12.2. The van der Waals surface area contributed by atoms with Crippen LogP contribution in [0, 0.1) is 0 Å². The molecule has 7 nitrogen and oxygen atoms in total. The van der Waals surface area contributed by atoms with Gasteiger partial charge in [0.25, 0.3) is 5.91 Å². The normalized spacial score (nSPS) is 17.8. The maximum Gasteiger partial charge on any atom is 0.252 e. The molecular weight excluding hydrogens is 282 g/mol. The number of H-pyrrole nitrogens is 1. The molecule has 1 atom stereocenters. The van der Waals surface area contributed by atoms with Crippen molar-refractivity contribution in [2.45, 2.75) is 19.4 Å². The second kappa shape index (κ2) is 5.97. The number of hydrogen-bond acceptors (Lipinski definition) is 4. The molecule has 2 aromatic rings. The van der Waals surface area contributed by atoms with Gasteiger partial charge in [0, 0.05) is 25.1 Å². The van der Waals surface area contributed by atoms with E-state index in [0.29, 0.717) is 36.5 Å². The molecule has 114 valence electrons. The van der Waals surface area contributed by atoms with Crippen LogP contribution >= 0.6 is 0 Å². The molecule has 2 amide bonds. The number of benzene rings is 1. The van der Waals surface area contributed by atoms with Crippen molar-refractivity contribution in [3.63, 3.8) is 0 Å². The summed E-state index contributed by atoms with van der Waals surface area (Å²) in [4.78, 5) is 30.1. The number of aromatic nitrogens is 3. The molecule has 1 aliphatic rings. The fourth-order valence-electron chi connectivity index (χ4n) is 2.66. The number of carbonyl (C=O) groups is 2. The van der Waals surface area contributed by atoms with E-state index in [1.165, 1.54) is 6.33 Å². The molecule has 1 fully saturated rings. The second-order valence-electron chi connectivity index (χ2n) is 5.19. The first-order valence-electron chi connectivity index (χ1n) is 7.22. The number of nitrogens with one attached hydrogen (secondary N) is 2. The van der Waals surface area contributed by atoms with E-state index in [0.717, 1.165) is 0 Å². The average Bonchev–Trinajstić information content (AvgIpc) is 3.17. The van der Waals surface area contributed by atoms with Crippen LogP contribution in [0.15, 0.2) is 30.6 Å². The molecule has 0 saturated carbocycles. The van der Waals surface area contributed by atoms with Gasteiger partial charge in [-0.2, -0.15) is 5.10 Å². The van der Waals surface area contributed by atoms with Crippen molar-refractivity contribution in [2.75, 3.05) is 13.1 Å². The molecule has 1 aromatic carbocycles. The molecule has 0 aliphatic carbocycles. The Balaban J connectivity index is 1.78. The van der Waals surface area contributed by atoms with Crippen LogP contribution in [0.3, 0.4) is 0 Å². The van der Waals surface area contributed by atoms with Crippen molar-refractivity contribution in [2.24, 2.45) is 0 Å². The Morgan fingerprint density at radius 3 is 2.95 bits per heavy atom. The monoisotopic (exact) mass is 299 g/mol. The van der Waals surface area contributed by atoms with Crippen LogP contribution in [-0.2, 0) is 4.79 Å². The van der Waals surface area contributed by atoms with Gasteiger partial charge in [-0.1, -0.05) is 18.2 Å². The molecule has 0 spiro atoms. The van der Waals surface area contributed by atoms with Crippen LogP contribution in [0.25, 0.3) is 11.4 Å². The highest BCUT2D eigenvalue weighted by atomic mass is 16.2. The smallest absolute Gasteiger partial charge is 0.252 e. The number of aromatic amines is 1. The highest BCUT2D eigenvalue weighted by Crippen LogP contribution is 2.20. The first-order valence-corrected chi connectivity index (χ1v) is 7.22. The molecule has 22 heavy (non-hydrogen) atoms. The van der Waals surface area contributed by atoms with Gasteiger partial charge >= 0.3 is 0 Å². The third-order valence-electron chi connectivity index (χ3n) is 3.77. The first kappa shape index (κ1) is 14.2. The third kappa shape index (κ3) is 2.69. The molecule has 0 bridgehead atoms. The van der Waals surface area contributed by atoms with Gasteiger partial charge in [0.05, 0.1) is 11.6 Å². The maximum atomic E-state index is 12.5. The van der Waals surface area contributed by atoms with Crippen LogP contribution in [0.4, 0.5) is 0 Å². The molecule has 1 aromatic heterocycles. The highest BCUT2D eigenvalue weighted by molar-refractivity contribution is 6.00. The van der Waals surface area contributed by atoms with Gasteiger partial charge in [0.1, 0.15) is 6.33 Å². The highest BCUT2D eigenvalue weighted by Gasteiger charge is 2.30. The van der Waals surface area contributed by atoms with Gasteiger partial charge in [-0.15, -0.1) is 0 Å². The topological polar surface area (TPSA) is 91.0 Å². The van der Waals surface area contributed by atoms with Gasteiger partial charge < -0.3 is 10.2 Å². The molecule has 7 heteroatoms. The van der Waals surface area contributed by atoms with E-state index in [2.05, 4.69) is 20.5 Å². The van der Waals surface area contributed by atoms with E-state index >= 15 is 0 Å². The lowest BCUT2D eigenvalue weighted by Crippen LogP contribution is -2.37. The van der Waals surface area contributed by atoms with E-state index in [1.54, 1.807) is 17.0 Å². The van der Waals surface area contributed by atoms with E-state index in [-0.39, 0.29) is 17.9 Å². The van der Waals surface area contributed by atoms with E-state index in [1.807, 2.05) is 19.1 Å². The molecule has 1 aliphatic heterocycles. The van der Waals surface area contributed by atoms with Crippen molar-refractivity contribution in [3.05, 3.63) is 36.2 Å². The number of hydrogen-bond donors (Lipinski definition) is 2. The van der Waals surface area contributed by atoms with Crippen molar-refractivity contribution < 1.29 is 9.59 Å². The Labute approximate surface area is 127 Å². The minimum atomic E-state index is -0.206. The zero-order chi connectivity index (χ0) is 15.5. The second-order valence-corrected chi connectivity index (χ2v) is 5.19. The van der Waals surface area contributed by atoms with Crippen molar-refractivity contribution in [3.8, 4) is 11.4 Å². The summed E-state index contributed by atoms with van der Waals surface area (Å²) in [6, 6.07) is 7.04. The fourth-order valence-corrected chi connectivity index (χ4v) is 2.66. The fraction of sp³-hybridized carbons (Fsp3) is 0.333. The van der Waals surface area contributed by atoms with Crippen LogP contribution in [0.2, 0.25) is 0 Å².